The molecule has 1 aliphatic carbocycles. The van der Waals surface area contributed by atoms with E-state index in [-0.39, 0.29) is 41.9 Å². The van der Waals surface area contributed by atoms with E-state index in [0.29, 0.717) is 0 Å². The molecule has 1 amide bonds. The van der Waals surface area contributed by atoms with Crippen molar-refractivity contribution >= 4 is 18.3 Å². The van der Waals surface area contributed by atoms with Gasteiger partial charge in [-0.05, 0) is 25.8 Å². The number of hydrogen-bond donors (Lipinski definition) is 2. The Labute approximate surface area is 116 Å². The topological polar surface area (TPSA) is 50.4 Å². The van der Waals surface area contributed by atoms with E-state index in [0.717, 1.165) is 25.8 Å². The standard InChI is InChI=1S/C13H24N2O2.ClH/c1-13(2)10(8-11(13)17-3)15-12(16)9-6-4-5-7-14-9;/h9-11,14H,4-8H2,1-3H3,(H,15,16);1H/t9-,10?,11?;/m1./s1. The monoisotopic (exact) mass is 276 g/mol. The van der Waals surface area contributed by atoms with Crippen LogP contribution in [0.25, 0.3) is 0 Å². The second-order valence-corrected chi connectivity index (χ2v) is 5.85. The molecule has 1 aliphatic heterocycles. The van der Waals surface area contributed by atoms with E-state index in [1.165, 1.54) is 6.42 Å². The molecule has 2 fully saturated rings. The summed E-state index contributed by atoms with van der Waals surface area (Å²) in [7, 11) is 1.74. The number of halogens is 1. The van der Waals surface area contributed by atoms with E-state index in [9.17, 15) is 4.79 Å². The van der Waals surface area contributed by atoms with Crippen LogP contribution in [-0.4, -0.2) is 37.7 Å². The normalized spacial score (nSPS) is 34.1. The van der Waals surface area contributed by atoms with Crippen LogP contribution in [0.2, 0.25) is 0 Å². The third-order valence-corrected chi connectivity index (χ3v) is 4.41. The van der Waals surface area contributed by atoms with Crippen molar-refractivity contribution in [1.29, 1.82) is 0 Å². The van der Waals surface area contributed by atoms with E-state index in [1.807, 2.05) is 0 Å². The molecule has 0 aromatic heterocycles. The predicted octanol–water partition coefficient (Wildman–Crippen LogP) is 1.48. The molecule has 4 nitrogen and oxygen atoms in total. The minimum atomic E-state index is 0. The molecule has 18 heavy (non-hydrogen) atoms. The van der Waals surface area contributed by atoms with Crippen molar-refractivity contribution in [2.45, 2.75) is 57.7 Å². The van der Waals surface area contributed by atoms with Crippen molar-refractivity contribution in [2.75, 3.05) is 13.7 Å². The Morgan fingerprint density at radius 3 is 2.61 bits per heavy atom. The Kier molecular flexibility index (Phi) is 5.44. The Hall–Kier alpha value is -0.320. The van der Waals surface area contributed by atoms with Crippen molar-refractivity contribution in [3.63, 3.8) is 0 Å². The highest BCUT2D eigenvalue weighted by Crippen LogP contribution is 2.42. The van der Waals surface area contributed by atoms with Gasteiger partial charge in [-0.1, -0.05) is 20.3 Å². The molecule has 2 aliphatic rings. The highest BCUT2D eigenvalue weighted by atomic mass is 35.5. The third kappa shape index (κ3) is 2.98. The summed E-state index contributed by atoms with van der Waals surface area (Å²) in [6.45, 7) is 5.28. The molecule has 0 bridgehead atoms. The van der Waals surface area contributed by atoms with Crippen LogP contribution in [0.4, 0.5) is 0 Å². The maximum absolute atomic E-state index is 12.1. The zero-order chi connectivity index (χ0) is 12.5. The van der Waals surface area contributed by atoms with Crippen LogP contribution in [0.3, 0.4) is 0 Å². The SMILES string of the molecule is COC1CC(NC(=O)[C@H]2CCCCN2)C1(C)C.Cl. The smallest absolute Gasteiger partial charge is 0.237 e. The molecule has 2 N–H and O–H groups in total. The number of hydrogen-bond acceptors (Lipinski definition) is 3. The van der Waals surface area contributed by atoms with Crippen LogP contribution in [0, 0.1) is 5.41 Å². The van der Waals surface area contributed by atoms with Gasteiger partial charge in [0.2, 0.25) is 5.91 Å². The van der Waals surface area contributed by atoms with Crippen LogP contribution in [-0.2, 0) is 9.53 Å². The molecule has 0 aromatic rings. The van der Waals surface area contributed by atoms with Gasteiger partial charge >= 0.3 is 0 Å². The lowest BCUT2D eigenvalue weighted by atomic mass is 9.64. The number of nitrogens with one attached hydrogen (secondary N) is 2. The van der Waals surface area contributed by atoms with Gasteiger partial charge in [0, 0.05) is 18.6 Å². The molecule has 0 spiro atoms. The lowest BCUT2D eigenvalue weighted by Gasteiger charge is -2.51. The van der Waals surface area contributed by atoms with Gasteiger partial charge in [0.15, 0.2) is 0 Å². The molecule has 1 heterocycles. The molecule has 2 unspecified atom stereocenters. The van der Waals surface area contributed by atoms with E-state index in [2.05, 4.69) is 24.5 Å². The Morgan fingerprint density at radius 1 is 1.39 bits per heavy atom. The second kappa shape index (κ2) is 6.22. The van der Waals surface area contributed by atoms with Crippen molar-refractivity contribution < 1.29 is 9.53 Å². The molecular weight excluding hydrogens is 252 g/mol. The number of carbonyl (C=O) groups excluding carboxylic acids is 1. The summed E-state index contributed by atoms with van der Waals surface area (Å²) in [4.78, 5) is 12.1. The highest BCUT2D eigenvalue weighted by molar-refractivity contribution is 5.85. The first-order valence-corrected chi connectivity index (χ1v) is 6.62. The summed E-state index contributed by atoms with van der Waals surface area (Å²) in [6, 6.07) is 0.268. The minimum Gasteiger partial charge on any atom is -0.381 e. The van der Waals surface area contributed by atoms with Gasteiger partial charge in [-0.25, -0.2) is 0 Å². The van der Waals surface area contributed by atoms with Crippen molar-refractivity contribution in [3.05, 3.63) is 0 Å². The predicted molar refractivity (Wildman–Crippen MR) is 74.0 cm³/mol. The fourth-order valence-corrected chi connectivity index (χ4v) is 2.88. The summed E-state index contributed by atoms with van der Waals surface area (Å²) in [5.74, 6) is 0.164. The van der Waals surface area contributed by atoms with Crippen LogP contribution >= 0.6 is 12.4 Å². The van der Waals surface area contributed by atoms with Gasteiger partial charge in [0.25, 0.3) is 0 Å². The van der Waals surface area contributed by atoms with E-state index in [1.54, 1.807) is 7.11 Å². The first-order chi connectivity index (χ1) is 8.05. The molecule has 1 saturated heterocycles. The van der Waals surface area contributed by atoms with Crippen LogP contribution < -0.4 is 10.6 Å². The second-order valence-electron chi connectivity index (χ2n) is 5.85. The Morgan fingerprint density at radius 2 is 2.11 bits per heavy atom. The van der Waals surface area contributed by atoms with Gasteiger partial charge in [-0.2, -0.15) is 0 Å². The molecule has 0 radical (unpaired) electrons. The molecule has 5 heteroatoms. The summed E-state index contributed by atoms with van der Waals surface area (Å²) in [5.41, 5.74) is 0.0546. The molecule has 2 rings (SSSR count). The molecule has 106 valence electrons. The first kappa shape index (κ1) is 15.7. The molecule has 3 atom stereocenters. The van der Waals surface area contributed by atoms with Gasteiger partial charge in [0.1, 0.15) is 0 Å². The van der Waals surface area contributed by atoms with Gasteiger partial charge in [-0.3, -0.25) is 4.79 Å². The molecular formula is C13H25ClN2O2. The maximum atomic E-state index is 12.1. The number of piperidine rings is 1. The maximum Gasteiger partial charge on any atom is 0.237 e. The number of methoxy groups -OCH3 is 1. The van der Waals surface area contributed by atoms with Gasteiger partial charge in [0.05, 0.1) is 12.1 Å². The summed E-state index contributed by atoms with van der Waals surface area (Å²) >= 11 is 0. The minimum absolute atomic E-state index is 0. The van der Waals surface area contributed by atoms with Crippen molar-refractivity contribution in [1.82, 2.24) is 10.6 Å². The summed E-state index contributed by atoms with van der Waals surface area (Å²) < 4.78 is 5.39. The molecule has 0 aromatic carbocycles. The van der Waals surface area contributed by atoms with Crippen LogP contribution in [0.5, 0.6) is 0 Å². The van der Waals surface area contributed by atoms with Crippen molar-refractivity contribution in [3.8, 4) is 0 Å². The van der Waals surface area contributed by atoms with E-state index < -0.39 is 0 Å². The summed E-state index contributed by atoms with van der Waals surface area (Å²) in [5, 5.41) is 6.44. The largest absolute Gasteiger partial charge is 0.381 e. The quantitative estimate of drug-likeness (QED) is 0.821. The average molecular weight is 277 g/mol. The first-order valence-electron chi connectivity index (χ1n) is 6.62. The van der Waals surface area contributed by atoms with Crippen LogP contribution in [0.15, 0.2) is 0 Å². The van der Waals surface area contributed by atoms with E-state index in [4.69, 9.17) is 4.74 Å². The number of rotatable bonds is 3. The van der Waals surface area contributed by atoms with Crippen molar-refractivity contribution in [2.24, 2.45) is 5.41 Å². The average Bonchev–Trinajstić information content (AvgIpc) is 2.34. The lowest BCUT2D eigenvalue weighted by Crippen LogP contribution is -2.64. The van der Waals surface area contributed by atoms with Gasteiger partial charge in [-0.15, -0.1) is 12.4 Å². The third-order valence-electron chi connectivity index (χ3n) is 4.41. The Bertz CT molecular complexity index is 291. The number of ether oxygens (including phenoxy) is 1. The zero-order valence-corrected chi connectivity index (χ0v) is 12.3. The highest BCUT2D eigenvalue weighted by Gasteiger charge is 2.49. The Balaban J connectivity index is 0.00000162. The fraction of sp³-hybridized carbons (Fsp3) is 0.923. The number of amides is 1. The lowest BCUT2D eigenvalue weighted by molar-refractivity contribution is -0.134. The molecule has 1 saturated carbocycles. The zero-order valence-electron chi connectivity index (χ0n) is 11.5. The van der Waals surface area contributed by atoms with E-state index >= 15 is 0 Å². The summed E-state index contributed by atoms with van der Waals surface area (Å²) in [6.07, 6.45) is 4.51. The van der Waals surface area contributed by atoms with Crippen LogP contribution in [0.1, 0.15) is 39.5 Å². The van der Waals surface area contributed by atoms with Gasteiger partial charge < -0.3 is 15.4 Å². The number of carbonyl (C=O) groups is 1. The fourth-order valence-electron chi connectivity index (χ4n) is 2.88.